The number of thiophene rings is 1. The third-order valence-electron chi connectivity index (χ3n) is 1.76. The van der Waals surface area contributed by atoms with Crippen LogP contribution >= 0.6 is 24.0 Å². The first-order chi connectivity index (χ1) is 6.33. The van der Waals surface area contributed by atoms with Crippen LogP contribution in [0.1, 0.15) is 0 Å². The van der Waals surface area contributed by atoms with E-state index in [2.05, 4.69) is 60.9 Å². The predicted octanol–water partition coefficient (Wildman–Crippen LogP) is 0.105. The third kappa shape index (κ3) is 2.05. The first kappa shape index (κ1) is 10.2. The van der Waals surface area contributed by atoms with E-state index in [-0.39, 0.29) is 19.3 Å². The molecule has 0 atom stereocenters. The fraction of sp³-hybridized carbons (Fsp3) is 0. The van der Waals surface area contributed by atoms with E-state index in [0.29, 0.717) is 0 Å². The van der Waals surface area contributed by atoms with Crippen molar-refractivity contribution >= 4 is 56.3 Å². The van der Waals surface area contributed by atoms with Crippen molar-refractivity contribution in [3.8, 4) is 0 Å². The minimum absolute atomic E-state index is 0.0673. The molecule has 66 valence electrons. The Morgan fingerprint density at radius 1 is 1.38 bits per heavy atom. The molecule has 0 aliphatic carbocycles. The summed E-state index contributed by atoms with van der Waals surface area (Å²) in [5, 5.41) is 3.56. The average molecular weight is 381 g/mol. The van der Waals surface area contributed by atoms with Crippen molar-refractivity contribution in [3.05, 3.63) is 29.6 Å². The van der Waals surface area contributed by atoms with Crippen LogP contribution in [-0.4, -0.2) is 16.5 Å². The zero-order chi connectivity index (χ0) is 9.26. The zero-order valence-corrected chi connectivity index (χ0v) is 12.3. The van der Waals surface area contributed by atoms with Crippen LogP contribution in [0.3, 0.4) is 0 Å². The van der Waals surface area contributed by atoms with Crippen LogP contribution in [0.2, 0.25) is 0 Å². The van der Waals surface area contributed by atoms with Gasteiger partial charge in [0, 0.05) is 0 Å². The molecule has 5 heteroatoms. The van der Waals surface area contributed by atoms with Gasteiger partial charge in [0.05, 0.1) is 0 Å². The Hall–Kier alpha value is 0.722. The SMILES string of the molecule is [Al][N]([I-]Br)c1csc2ccccc12. The topological polar surface area (TPSA) is 3.24 Å². The van der Waals surface area contributed by atoms with E-state index in [4.69, 9.17) is 0 Å². The summed E-state index contributed by atoms with van der Waals surface area (Å²) in [4.78, 5) is 0. The van der Waals surface area contributed by atoms with Crippen molar-refractivity contribution in [1.82, 2.24) is 0 Å². The van der Waals surface area contributed by atoms with Crippen molar-refractivity contribution in [2.24, 2.45) is 0 Å². The molecule has 2 radical (unpaired) electrons. The maximum atomic E-state index is 3.54. The molecule has 0 N–H and O–H groups in total. The number of halogens is 2. The molecule has 1 nitrogen and oxygen atoms in total. The second-order valence-corrected chi connectivity index (χ2v) is 8.17. The van der Waals surface area contributed by atoms with Crippen molar-refractivity contribution < 1.29 is 19.3 Å². The van der Waals surface area contributed by atoms with E-state index < -0.39 is 0 Å². The molecular weight excluding hydrogens is 376 g/mol. The van der Waals surface area contributed by atoms with Crippen molar-refractivity contribution in [3.63, 3.8) is 0 Å². The van der Waals surface area contributed by atoms with Crippen molar-refractivity contribution in [2.45, 2.75) is 0 Å². The Balaban J connectivity index is 2.57. The molecule has 0 aliphatic rings. The van der Waals surface area contributed by atoms with Crippen LogP contribution in [0.4, 0.5) is 5.69 Å². The third-order valence-corrected chi connectivity index (χ3v) is 8.41. The summed E-state index contributed by atoms with van der Waals surface area (Å²) >= 11 is 8.03. The van der Waals surface area contributed by atoms with Crippen LogP contribution in [-0.2, 0) is 0 Å². The molecule has 0 bridgehead atoms. The van der Waals surface area contributed by atoms with E-state index in [0.717, 1.165) is 0 Å². The van der Waals surface area contributed by atoms with Crippen LogP contribution in [0.5, 0.6) is 0 Å². The minimum atomic E-state index is -0.0673. The molecule has 0 spiro atoms. The molecule has 0 saturated carbocycles. The van der Waals surface area contributed by atoms with Gasteiger partial charge in [-0.1, -0.05) is 0 Å². The molecule has 2 aromatic rings. The number of nitrogens with zero attached hydrogens (tertiary/aromatic N) is 1. The molecule has 0 saturated heterocycles. The number of benzene rings is 1. The van der Waals surface area contributed by atoms with Crippen LogP contribution in [0.25, 0.3) is 10.1 Å². The first-order valence-corrected chi connectivity index (χ1v) is 10.8. The quantitative estimate of drug-likeness (QED) is 0.406. The summed E-state index contributed by atoms with van der Waals surface area (Å²) in [5.41, 5.74) is 1.32. The summed E-state index contributed by atoms with van der Waals surface area (Å²) in [7, 11) is 0. The molecule has 1 heterocycles. The Morgan fingerprint density at radius 3 is 2.92 bits per heavy atom. The number of anilines is 1. The summed E-state index contributed by atoms with van der Waals surface area (Å²) in [6.45, 7) is 0. The van der Waals surface area contributed by atoms with Gasteiger partial charge >= 0.3 is 107 Å². The van der Waals surface area contributed by atoms with E-state index in [1.54, 1.807) is 11.3 Å². The number of hydrogen-bond acceptors (Lipinski definition) is 2. The predicted molar refractivity (Wildman–Crippen MR) is 59.0 cm³/mol. The summed E-state index contributed by atoms with van der Waals surface area (Å²) in [5.74, 6) is 0. The number of hydrogen-bond donors (Lipinski definition) is 0. The van der Waals surface area contributed by atoms with Gasteiger partial charge in [0.15, 0.2) is 0 Å². The second kappa shape index (κ2) is 4.49. The molecule has 1 aromatic carbocycles. The van der Waals surface area contributed by atoms with E-state index in [1.165, 1.54) is 15.8 Å². The van der Waals surface area contributed by atoms with Gasteiger partial charge in [-0.25, -0.2) is 0 Å². The van der Waals surface area contributed by atoms with Gasteiger partial charge in [-0.15, -0.1) is 0 Å². The van der Waals surface area contributed by atoms with Gasteiger partial charge in [-0.2, -0.15) is 0 Å². The number of rotatable bonds is 2. The normalized spacial score (nSPS) is 10.8. The van der Waals surface area contributed by atoms with E-state index >= 15 is 0 Å². The fourth-order valence-electron chi connectivity index (χ4n) is 1.16. The second-order valence-electron chi connectivity index (χ2n) is 2.49. The first-order valence-electron chi connectivity index (χ1n) is 3.60. The van der Waals surface area contributed by atoms with Gasteiger partial charge in [0.25, 0.3) is 0 Å². The molecule has 2 rings (SSSR count). The summed E-state index contributed by atoms with van der Waals surface area (Å²) in [6.07, 6.45) is 0. The summed E-state index contributed by atoms with van der Waals surface area (Å²) < 4.78 is 3.58. The van der Waals surface area contributed by atoms with Gasteiger partial charge in [0.1, 0.15) is 0 Å². The Morgan fingerprint density at radius 2 is 2.15 bits per heavy atom. The van der Waals surface area contributed by atoms with Gasteiger partial charge in [-0.3, -0.25) is 0 Å². The van der Waals surface area contributed by atoms with Crippen LogP contribution in [0.15, 0.2) is 29.6 Å². The zero-order valence-electron chi connectivity index (χ0n) is 6.58. The van der Waals surface area contributed by atoms with Crippen LogP contribution in [0, 0.1) is 0 Å². The van der Waals surface area contributed by atoms with E-state index in [1.807, 2.05) is 0 Å². The molecule has 13 heavy (non-hydrogen) atoms. The fourth-order valence-corrected chi connectivity index (χ4v) is 4.17. The van der Waals surface area contributed by atoms with Gasteiger partial charge in [-0.05, 0) is 0 Å². The molecule has 1 aromatic heterocycles. The average Bonchev–Trinajstić information content (AvgIpc) is 2.60. The Kier molecular flexibility index (Phi) is 3.54. The maximum absolute atomic E-state index is 3.54. The Bertz CT molecular complexity index is 419. The number of fused-ring (bicyclic) bond motifs is 1. The molecule has 0 aliphatic heterocycles. The molecular formula is C8H5AlBrINS-. The van der Waals surface area contributed by atoms with Crippen molar-refractivity contribution in [2.75, 3.05) is 2.10 Å². The molecule has 0 amide bonds. The van der Waals surface area contributed by atoms with Gasteiger partial charge < -0.3 is 0 Å². The standard InChI is InChI=1S/C8H5BrINS.Al/c9-10-11-7-5-12-8-4-2-1-3-6(7)8;/h1-5H;/q-2;+1. The molecule has 0 unspecified atom stereocenters. The van der Waals surface area contributed by atoms with E-state index in [9.17, 15) is 0 Å². The summed E-state index contributed by atoms with van der Waals surface area (Å²) in [6, 6.07) is 8.50. The van der Waals surface area contributed by atoms with Crippen molar-refractivity contribution in [1.29, 1.82) is 0 Å². The Labute approximate surface area is 106 Å². The van der Waals surface area contributed by atoms with Crippen LogP contribution < -0.4 is 21.4 Å². The molecule has 0 fully saturated rings. The van der Waals surface area contributed by atoms with Gasteiger partial charge in [0.2, 0.25) is 0 Å². The monoisotopic (exact) mass is 380 g/mol.